The van der Waals surface area contributed by atoms with Crippen LogP contribution in [0.5, 0.6) is 11.5 Å². The number of ether oxygens (including phenoxy) is 2. The van der Waals surface area contributed by atoms with E-state index in [4.69, 9.17) is 14.5 Å². The highest BCUT2D eigenvalue weighted by molar-refractivity contribution is 5.94. The van der Waals surface area contributed by atoms with Crippen LogP contribution in [0.1, 0.15) is 67.5 Å². The standard InChI is InChI=1S/C30H40N4O4/c1-33(23-12-6-4-7-13-23)29(35)21-34-25-15-10-9-14-24(25)32-28(34)16-8-5-11-19-31-30(36)22-17-18-26(37-2)27(20-22)38-3/h9-10,14-15,17-18,20,23H,4-8,11-13,16,19,21H2,1-3H3,(H,31,36). The topological polar surface area (TPSA) is 85.7 Å². The van der Waals surface area contributed by atoms with Crippen LogP contribution >= 0.6 is 0 Å². The summed E-state index contributed by atoms with van der Waals surface area (Å²) >= 11 is 0. The molecule has 0 atom stereocenters. The summed E-state index contributed by atoms with van der Waals surface area (Å²) in [6.45, 7) is 0.915. The van der Waals surface area contributed by atoms with Crippen LogP contribution in [0.25, 0.3) is 11.0 Å². The van der Waals surface area contributed by atoms with Crippen LogP contribution in [0.15, 0.2) is 42.5 Å². The molecule has 204 valence electrons. The van der Waals surface area contributed by atoms with Crippen LogP contribution in [-0.2, 0) is 17.8 Å². The van der Waals surface area contributed by atoms with Gasteiger partial charge in [-0.1, -0.05) is 37.8 Å². The van der Waals surface area contributed by atoms with E-state index in [9.17, 15) is 9.59 Å². The van der Waals surface area contributed by atoms with Crippen molar-refractivity contribution in [3.05, 3.63) is 53.9 Å². The molecule has 0 unspecified atom stereocenters. The zero-order chi connectivity index (χ0) is 26.9. The van der Waals surface area contributed by atoms with E-state index in [-0.39, 0.29) is 11.8 Å². The minimum absolute atomic E-state index is 0.131. The van der Waals surface area contributed by atoms with E-state index in [0.29, 0.717) is 36.2 Å². The number of fused-ring (bicyclic) bond motifs is 1. The quantitative estimate of drug-likeness (QED) is 0.340. The Hall–Kier alpha value is -3.55. The number of nitrogens with zero attached hydrogens (tertiary/aromatic N) is 3. The molecule has 1 aliphatic rings. The molecular weight excluding hydrogens is 480 g/mol. The second kappa shape index (κ2) is 13.3. The smallest absolute Gasteiger partial charge is 0.251 e. The first-order chi connectivity index (χ1) is 18.5. The number of amides is 2. The first kappa shape index (κ1) is 27.5. The maximum atomic E-state index is 13.2. The number of likely N-dealkylation sites (N-methyl/N-ethyl adjacent to an activating group) is 1. The third-order valence-corrected chi connectivity index (χ3v) is 7.55. The predicted molar refractivity (Wildman–Crippen MR) is 149 cm³/mol. The number of rotatable bonds is 12. The van der Waals surface area contributed by atoms with Crippen molar-refractivity contribution < 1.29 is 19.1 Å². The van der Waals surface area contributed by atoms with Gasteiger partial charge >= 0.3 is 0 Å². The second-order valence-corrected chi connectivity index (χ2v) is 10.0. The molecule has 1 heterocycles. The van der Waals surface area contributed by atoms with Gasteiger partial charge in [-0.15, -0.1) is 0 Å². The Balaban J connectivity index is 1.29. The van der Waals surface area contributed by atoms with E-state index in [1.54, 1.807) is 32.4 Å². The summed E-state index contributed by atoms with van der Waals surface area (Å²) in [6.07, 6.45) is 9.42. The molecule has 1 N–H and O–H groups in total. The molecule has 0 aliphatic heterocycles. The lowest BCUT2D eigenvalue weighted by atomic mass is 9.94. The van der Waals surface area contributed by atoms with Crippen molar-refractivity contribution in [2.45, 2.75) is 70.4 Å². The van der Waals surface area contributed by atoms with Gasteiger partial charge in [0.2, 0.25) is 5.91 Å². The normalized spacial score (nSPS) is 13.9. The van der Waals surface area contributed by atoms with Crippen LogP contribution in [0.4, 0.5) is 0 Å². The molecule has 0 bridgehead atoms. The van der Waals surface area contributed by atoms with Crippen LogP contribution in [0.2, 0.25) is 0 Å². The van der Waals surface area contributed by atoms with Gasteiger partial charge in [0.25, 0.3) is 5.91 Å². The molecule has 0 radical (unpaired) electrons. The Morgan fingerprint density at radius 3 is 2.53 bits per heavy atom. The summed E-state index contributed by atoms with van der Waals surface area (Å²) in [4.78, 5) is 32.5. The molecular formula is C30H40N4O4. The van der Waals surface area contributed by atoms with Crippen molar-refractivity contribution in [1.29, 1.82) is 0 Å². The number of aryl methyl sites for hydroxylation is 1. The number of para-hydroxylation sites is 2. The number of methoxy groups -OCH3 is 2. The molecule has 1 saturated carbocycles. The monoisotopic (exact) mass is 520 g/mol. The number of nitrogens with one attached hydrogen (secondary N) is 1. The number of imidazole rings is 1. The number of aromatic nitrogens is 2. The number of benzene rings is 2. The van der Waals surface area contributed by atoms with Crippen molar-refractivity contribution >= 4 is 22.8 Å². The largest absolute Gasteiger partial charge is 0.493 e. The van der Waals surface area contributed by atoms with Gasteiger partial charge in [-0.2, -0.15) is 0 Å². The first-order valence-electron chi connectivity index (χ1n) is 13.7. The molecule has 2 aromatic carbocycles. The second-order valence-electron chi connectivity index (χ2n) is 10.0. The third-order valence-electron chi connectivity index (χ3n) is 7.55. The molecule has 0 saturated heterocycles. The Morgan fingerprint density at radius 1 is 1.00 bits per heavy atom. The zero-order valence-electron chi connectivity index (χ0n) is 22.9. The highest BCUT2D eigenvalue weighted by Crippen LogP contribution is 2.27. The van der Waals surface area contributed by atoms with Crippen LogP contribution in [0, 0.1) is 0 Å². The molecule has 2 amide bonds. The van der Waals surface area contributed by atoms with E-state index in [1.165, 1.54) is 19.3 Å². The molecule has 8 nitrogen and oxygen atoms in total. The van der Waals surface area contributed by atoms with E-state index in [1.807, 2.05) is 36.2 Å². The lowest BCUT2D eigenvalue weighted by Crippen LogP contribution is -2.40. The van der Waals surface area contributed by atoms with Crippen molar-refractivity contribution in [2.24, 2.45) is 0 Å². The fourth-order valence-electron chi connectivity index (χ4n) is 5.28. The highest BCUT2D eigenvalue weighted by atomic mass is 16.5. The molecule has 3 aromatic rings. The number of unbranched alkanes of at least 4 members (excludes halogenated alkanes) is 2. The van der Waals surface area contributed by atoms with Crippen molar-refractivity contribution in [1.82, 2.24) is 19.8 Å². The summed E-state index contributed by atoms with van der Waals surface area (Å²) in [6, 6.07) is 13.5. The van der Waals surface area contributed by atoms with Crippen molar-refractivity contribution in [2.75, 3.05) is 27.8 Å². The molecule has 0 spiro atoms. The molecule has 1 aromatic heterocycles. The third kappa shape index (κ3) is 6.65. The van der Waals surface area contributed by atoms with Gasteiger partial charge in [0.1, 0.15) is 12.4 Å². The van der Waals surface area contributed by atoms with E-state index < -0.39 is 0 Å². The Bertz CT molecular complexity index is 1230. The molecule has 1 aliphatic carbocycles. The van der Waals surface area contributed by atoms with Gasteiger partial charge in [0.15, 0.2) is 11.5 Å². The van der Waals surface area contributed by atoms with Gasteiger partial charge in [-0.25, -0.2) is 4.98 Å². The summed E-state index contributed by atoms with van der Waals surface area (Å²) in [5, 5.41) is 2.98. The molecule has 8 heteroatoms. The van der Waals surface area contributed by atoms with E-state index in [0.717, 1.165) is 55.4 Å². The molecule has 38 heavy (non-hydrogen) atoms. The average molecular weight is 521 g/mol. The summed E-state index contributed by atoms with van der Waals surface area (Å²) < 4.78 is 12.6. The molecule has 1 fully saturated rings. The maximum absolute atomic E-state index is 13.2. The Morgan fingerprint density at radius 2 is 1.76 bits per heavy atom. The van der Waals surface area contributed by atoms with E-state index >= 15 is 0 Å². The zero-order valence-corrected chi connectivity index (χ0v) is 22.9. The number of carbonyl (C=O) groups is 2. The van der Waals surface area contributed by atoms with Crippen LogP contribution < -0.4 is 14.8 Å². The van der Waals surface area contributed by atoms with Crippen molar-refractivity contribution in [3.63, 3.8) is 0 Å². The van der Waals surface area contributed by atoms with Gasteiger partial charge < -0.3 is 24.3 Å². The van der Waals surface area contributed by atoms with Gasteiger partial charge in [-0.3, -0.25) is 9.59 Å². The number of hydrogen-bond acceptors (Lipinski definition) is 5. The summed E-state index contributed by atoms with van der Waals surface area (Å²) in [5.74, 6) is 2.10. The highest BCUT2D eigenvalue weighted by Gasteiger charge is 2.23. The summed E-state index contributed by atoms with van der Waals surface area (Å²) in [5.41, 5.74) is 2.48. The predicted octanol–water partition coefficient (Wildman–Crippen LogP) is 4.99. The average Bonchev–Trinajstić information content (AvgIpc) is 3.31. The fraction of sp³-hybridized carbons (Fsp3) is 0.500. The lowest BCUT2D eigenvalue weighted by Gasteiger charge is -2.31. The first-order valence-corrected chi connectivity index (χ1v) is 13.7. The van der Waals surface area contributed by atoms with Crippen molar-refractivity contribution in [3.8, 4) is 11.5 Å². The van der Waals surface area contributed by atoms with E-state index in [2.05, 4.69) is 9.88 Å². The minimum Gasteiger partial charge on any atom is -0.493 e. The van der Waals surface area contributed by atoms with Gasteiger partial charge in [0, 0.05) is 31.6 Å². The van der Waals surface area contributed by atoms with Crippen LogP contribution in [0.3, 0.4) is 0 Å². The fourth-order valence-corrected chi connectivity index (χ4v) is 5.28. The van der Waals surface area contributed by atoms with Gasteiger partial charge in [-0.05, 0) is 56.0 Å². The summed E-state index contributed by atoms with van der Waals surface area (Å²) in [7, 11) is 5.08. The molecule has 4 rings (SSSR count). The maximum Gasteiger partial charge on any atom is 0.251 e. The van der Waals surface area contributed by atoms with Gasteiger partial charge in [0.05, 0.1) is 25.3 Å². The Labute approximate surface area is 225 Å². The minimum atomic E-state index is -0.131. The number of hydrogen-bond donors (Lipinski definition) is 1. The number of carbonyl (C=O) groups excluding carboxylic acids is 2. The Kier molecular flexibility index (Phi) is 9.62. The van der Waals surface area contributed by atoms with Crippen LogP contribution in [-0.4, -0.2) is 60.1 Å². The lowest BCUT2D eigenvalue weighted by molar-refractivity contribution is -0.133. The SMILES string of the molecule is COc1ccc(C(=O)NCCCCCc2nc3ccccc3n2CC(=O)N(C)C2CCCCC2)cc1OC.